The number of nitrogens with one attached hydrogen (secondary N) is 2. The Kier molecular flexibility index (Phi) is 6.95. The lowest BCUT2D eigenvalue weighted by Crippen LogP contribution is -2.31. The fraction of sp³-hybridized carbons (Fsp3) is 0.190. The number of nitrogens with zero attached hydrogens (tertiary/aromatic N) is 2. The molecule has 0 bridgehead atoms. The first-order valence-corrected chi connectivity index (χ1v) is 10.5. The first-order chi connectivity index (χ1) is 14.8. The fourth-order valence-electron chi connectivity index (χ4n) is 3.08. The molecule has 1 aliphatic heterocycles. The maximum Gasteiger partial charge on any atom is 0.269 e. The molecule has 1 aliphatic rings. The lowest BCUT2D eigenvalue weighted by atomic mass is 9.87. The summed E-state index contributed by atoms with van der Waals surface area (Å²) < 4.78 is 0. The highest BCUT2D eigenvalue weighted by atomic mass is 35.5. The van der Waals surface area contributed by atoms with E-state index in [0.29, 0.717) is 16.3 Å². The molecule has 1 heterocycles. The summed E-state index contributed by atoms with van der Waals surface area (Å²) in [4.78, 5) is 35.1. The Labute approximate surface area is 187 Å². The summed E-state index contributed by atoms with van der Waals surface area (Å²) in [6, 6.07) is 13.1. The molecule has 0 radical (unpaired) electrons. The van der Waals surface area contributed by atoms with Crippen molar-refractivity contribution in [3.63, 3.8) is 0 Å². The van der Waals surface area contributed by atoms with Crippen LogP contribution < -0.4 is 10.6 Å². The summed E-state index contributed by atoms with van der Waals surface area (Å²) in [5, 5.41) is 26.9. The molecule has 2 N–H and O–H groups in total. The quantitative estimate of drug-likeness (QED) is 0.494. The van der Waals surface area contributed by atoms with Crippen LogP contribution in [0.1, 0.15) is 23.5 Å². The van der Waals surface area contributed by atoms with Crippen LogP contribution in [0.15, 0.2) is 53.1 Å². The predicted molar refractivity (Wildman–Crippen MR) is 119 cm³/mol. The number of nitriles is 1. The number of thioether (sulfide) groups is 1. The smallest absolute Gasteiger partial charge is 0.269 e. The minimum Gasteiger partial charge on any atom is -0.325 e. The van der Waals surface area contributed by atoms with Crippen LogP contribution in [0.4, 0.5) is 11.4 Å². The lowest BCUT2D eigenvalue weighted by molar-refractivity contribution is -0.384. The van der Waals surface area contributed by atoms with Crippen molar-refractivity contribution >= 4 is 46.6 Å². The summed E-state index contributed by atoms with van der Waals surface area (Å²) in [7, 11) is 0. The second-order valence-electron chi connectivity index (χ2n) is 6.81. The molecule has 10 heteroatoms. The number of amides is 2. The molecule has 0 fully saturated rings. The van der Waals surface area contributed by atoms with Crippen molar-refractivity contribution in [1.29, 1.82) is 5.26 Å². The molecule has 0 aromatic heterocycles. The van der Waals surface area contributed by atoms with Gasteiger partial charge in [-0.1, -0.05) is 41.6 Å². The summed E-state index contributed by atoms with van der Waals surface area (Å²) in [5.41, 5.74) is 2.06. The van der Waals surface area contributed by atoms with E-state index in [9.17, 15) is 25.0 Å². The molecule has 1 atom stereocenters. The van der Waals surface area contributed by atoms with Crippen LogP contribution in [0, 0.1) is 28.4 Å². The Hall–Kier alpha value is -3.35. The molecule has 2 aromatic carbocycles. The van der Waals surface area contributed by atoms with Crippen molar-refractivity contribution in [2.75, 3.05) is 11.1 Å². The van der Waals surface area contributed by atoms with Crippen molar-refractivity contribution in [1.82, 2.24) is 5.32 Å². The van der Waals surface area contributed by atoms with Crippen molar-refractivity contribution in [2.24, 2.45) is 0 Å². The highest BCUT2D eigenvalue weighted by molar-refractivity contribution is 8.03. The number of allylic oxidation sites excluding steroid dienone is 1. The second-order valence-corrected chi connectivity index (χ2v) is 8.21. The van der Waals surface area contributed by atoms with Gasteiger partial charge in [-0.15, -0.1) is 0 Å². The van der Waals surface area contributed by atoms with Gasteiger partial charge in [0.05, 0.1) is 27.3 Å². The van der Waals surface area contributed by atoms with Crippen molar-refractivity contribution in [2.45, 2.75) is 19.3 Å². The number of anilines is 1. The van der Waals surface area contributed by atoms with Crippen LogP contribution in [0.25, 0.3) is 0 Å². The van der Waals surface area contributed by atoms with Crippen molar-refractivity contribution in [3.05, 3.63) is 79.3 Å². The van der Waals surface area contributed by atoms with Crippen LogP contribution in [-0.4, -0.2) is 22.5 Å². The number of hydrogen-bond donors (Lipinski definition) is 2. The molecule has 0 spiro atoms. The van der Waals surface area contributed by atoms with E-state index in [0.717, 1.165) is 17.3 Å². The lowest BCUT2D eigenvalue weighted by Gasteiger charge is -2.24. The Balaban J connectivity index is 1.78. The average molecular weight is 457 g/mol. The molecule has 0 saturated carbocycles. The number of benzene rings is 2. The van der Waals surface area contributed by atoms with Gasteiger partial charge in [0.1, 0.15) is 0 Å². The summed E-state index contributed by atoms with van der Waals surface area (Å²) in [6.45, 7) is 1.85. The van der Waals surface area contributed by atoms with Crippen molar-refractivity contribution in [3.8, 4) is 6.07 Å². The highest BCUT2D eigenvalue weighted by Crippen LogP contribution is 2.37. The predicted octanol–water partition coefficient (Wildman–Crippen LogP) is 4.27. The first-order valence-electron chi connectivity index (χ1n) is 9.15. The molecule has 0 saturated heterocycles. The number of nitro groups is 1. The van der Waals surface area contributed by atoms with Crippen LogP contribution in [0.2, 0.25) is 5.02 Å². The van der Waals surface area contributed by atoms with Crippen LogP contribution >= 0.6 is 23.4 Å². The van der Waals surface area contributed by atoms with Gasteiger partial charge in [-0.3, -0.25) is 19.7 Å². The van der Waals surface area contributed by atoms with Gasteiger partial charge in [-0.05, 0) is 30.2 Å². The zero-order valence-electron chi connectivity index (χ0n) is 16.3. The molecular weight excluding hydrogens is 440 g/mol. The van der Waals surface area contributed by atoms with E-state index in [1.165, 1.54) is 18.2 Å². The van der Waals surface area contributed by atoms with E-state index in [4.69, 9.17) is 11.6 Å². The molecule has 0 unspecified atom stereocenters. The molecular formula is C21H17ClN4O4S. The normalized spacial score (nSPS) is 15.8. The van der Waals surface area contributed by atoms with Gasteiger partial charge < -0.3 is 10.6 Å². The van der Waals surface area contributed by atoms with Gasteiger partial charge in [-0.25, -0.2) is 0 Å². The topological polar surface area (TPSA) is 125 Å². The fourth-order valence-corrected chi connectivity index (χ4v) is 4.14. The monoisotopic (exact) mass is 456 g/mol. The number of rotatable bonds is 6. The number of non-ortho nitro benzene ring substituents is 1. The van der Waals surface area contributed by atoms with E-state index < -0.39 is 10.8 Å². The Morgan fingerprint density at radius 3 is 2.84 bits per heavy atom. The maximum absolute atomic E-state index is 12.3. The summed E-state index contributed by atoms with van der Waals surface area (Å²) >= 11 is 7.09. The third-order valence-corrected chi connectivity index (χ3v) is 6.07. The number of carbonyl (C=O) groups excluding carboxylic acids is 2. The summed E-state index contributed by atoms with van der Waals surface area (Å²) in [6.07, 6.45) is -0.0117. The van der Waals surface area contributed by atoms with Gasteiger partial charge in [0.25, 0.3) is 5.69 Å². The number of hydrogen-bond acceptors (Lipinski definition) is 6. The van der Waals surface area contributed by atoms with Gasteiger partial charge in [0.15, 0.2) is 0 Å². The SMILES string of the molecule is Cc1ccc(NC(=O)CSC2=C(C#N)[C@H](c3cccc([N+](=O)[O-])c3)CC(=O)N2)cc1Cl. The minimum absolute atomic E-state index is 0.0117. The maximum atomic E-state index is 12.3. The first kappa shape index (κ1) is 22.3. The number of aryl methyl sites for hydroxylation is 1. The molecule has 0 aliphatic carbocycles. The van der Waals surface area contributed by atoms with Crippen LogP contribution in [-0.2, 0) is 9.59 Å². The van der Waals surface area contributed by atoms with Crippen LogP contribution in [0.3, 0.4) is 0 Å². The van der Waals surface area contributed by atoms with Gasteiger partial charge in [0.2, 0.25) is 11.8 Å². The largest absolute Gasteiger partial charge is 0.325 e. The molecule has 158 valence electrons. The minimum atomic E-state index is -0.625. The third kappa shape index (κ3) is 5.42. The van der Waals surface area contributed by atoms with Gasteiger partial charge >= 0.3 is 0 Å². The molecule has 3 rings (SSSR count). The Morgan fingerprint density at radius 1 is 1.39 bits per heavy atom. The van der Waals surface area contributed by atoms with Crippen molar-refractivity contribution < 1.29 is 14.5 Å². The average Bonchev–Trinajstić information content (AvgIpc) is 2.74. The van der Waals surface area contributed by atoms with E-state index in [1.54, 1.807) is 24.3 Å². The zero-order chi connectivity index (χ0) is 22.5. The molecule has 2 amide bonds. The number of nitro benzene ring substituents is 1. The molecule has 8 nitrogen and oxygen atoms in total. The van der Waals surface area contributed by atoms with E-state index in [2.05, 4.69) is 16.7 Å². The molecule has 2 aromatic rings. The summed E-state index contributed by atoms with van der Waals surface area (Å²) in [5.74, 6) is -1.33. The number of carbonyl (C=O) groups is 2. The zero-order valence-corrected chi connectivity index (χ0v) is 17.9. The standard InChI is InChI=1S/C21H17ClN4O4S/c1-12-5-6-14(8-18(12)22)24-20(28)11-31-21-17(10-23)16(9-19(27)25-21)13-3-2-4-15(7-13)26(29)30/h2-8,16H,9,11H2,1H3,(H,24,28)(H,25,27)/t16-/m0/s1. The second kappa shape index (κ2) is 9.64. The van der Waals surface area contributed by atoms with E-state index in [-0.39, 0.29) is 40.3 Å². The van der Waals surface area contributed by atoms with E-state index >= 15 is 0 Å². The highest BCUT2D eigenvalue weighted by Gasteiger charge is 2.30. The molecule has 31 heavy (non-hydrogen) atoms. The van der Waals surface area contributed by atoms with E-state index in [1.807, 2.05) is 6.92 Å². The third-order valence-electron chi connectivity index (χ3n) is 4.64. The van der Waals surface area contributed by atoms with Gasteiger partial charge in [-0.2, -0.15) is 5.26 Å². The Bertz CT molecular complexity index is 1140. The van der Waals surface area contributed by atoms with Crippen LogP contribution in [0.5, 0.6) is 0 Å². The van der Waals surface area contributed by atoms with Gasteiger partial charge in [0, 0.05) is 35.2 Å². The number of halogens is 1. The Morgan fingerprint density at radius 2 is 2.16 bits per heavy atom.